The van der Waals surface area contributed by atoms with Gasteiger partial charge in [-0.25, -0.2) is 0 Å². The van der Waals surface area contributed by atoms with E-state index in [0.29, 0.717) is 0 Å². The molecule has 0 bridgehead atoms. The van der Waals surface area contributed by atoms with Gasteiger partial charge in [-0.05, 0) is 42.7 Å². The maximum absolute atomic E-state index is 5.31. The summed E-state index contributed by atoms with van der Waals surface area (Å²) in [5.41, 5.74) is 4.97. The molecule has 0 radical (unpaired) electrons. The molecule has 0 fully saturated rings. The molecule has 0 amide bonds. The summed E-state index contributed by atoms with van der Waals surface area (Å²) in [5.74, 6) is 0.876. The number of methoxy groups -OCH3 is 1. The van der Waals surface area contributed by atoms with E-state index in [1.807, 2.05) is 24.3 Å². The van der Waals surface area contributed by atoms with Crippen LogP contribution in [0.5, 0.6) is 5.75 Å². The fraction of sp³-hybridized carbons (Fsp3) is 0.250. The molecule has 2 aromatic rings. The predicted molar refractivity (Wildman–Crippen MR) is 76.2 cm³/mol. The molecule has 0 aromatic heterocycles. The summed E-state index contributed by atoms with van der Waals surface area (Å²) in [6, 6.07) is 14.5. The molecule has 0 heterocycles. The second kappa shape index (κ2) is 5.58. The monoisotopic (exact) mass is 241 g/mol. The molecule has 0 aliphatic rings. The summed E-state index contributed by atoms with van der Waals surface area (Å²) in [6.45, 7) is 5.08. The van der Waals surface area contributed by atoms with Crippen molar-refractivity contribution >= 4 is 5.69 Å². The molecule has 0 aliphatic heterocycles. The molecule has 1 N–H and O–H groups in total. The van der Waals surface area contributed by atoms with E-state index in [1.54, 1.807) is 7.11 Å². The summed E-state index contributed by atoms with van der Waals surface area (Å²) in [4.78, 5) is 0. The maximum atomic E-state index is 5.31. The minimum Gasteiger partial charge on any atom is -0.495 e. The van der Waals surface area contributed by atoms with Gasteiger partial charge in [-0.1, -0.05) is 30.3 Å². The van der Waals surface area contributed by atoms with Crippen LogP contribution in [-0.4, -0.2) is 7.11 Å². The van der Waals surface area contributed by atoms with Crippen LogP contribution >= 0.6 is 0 Å². The van der Waals surface area contributed by atoms with E-state index < -0.39 is 0 Å². The molecule has 2 aromatic carbocycles. The third kappa shape index (κ3) is 2.83. The minimum absolute atomic E-state index is 0.807. The lowest BCUT2D eigenvalue weighted by atomic mass is 10.1. The molecule has 0 atom stereocenters. The average Bonchev–Trinajstić information content (AvgIpc) is 2.40. The molecule has 2 rings (SSSR count). The molecule has 0 unspecified atom stereocenters. The van der Waals surface area contributed by atoms with E-state index in [2.05, 4.69) is 37.4 Å². The van der Waals surface area contributed by atoms with Crippen molar-refractivity contribution < 1.29 is 4.74 Å². The van der Waals surface area contributed by atoms with Crippen LogP contribution in [0.3, 0.4) is 0 Å². The van der Waals surface area contributed by atoms with Crippen molar-refractivity contribution in [3.05, 3.63) is 59.2 Å². The van der Waals surface area contributed by atoms with Crippen LogP contribution in [0.2, 0.25) is 0 Å². The Morgan fingerprint density at radius 1 is 1.00 bits per heavy atom. The van der Waals surface area contributed by atoms with E-state index in [9.17, 15) is 0 Å². The van der Waals surface area contributed by atoms with E-state index in [0.717, 1.165) is 18.0 Å². The van der Waals surface area contributed by atoms with Crippen LogP contribution in [-0.2, 0) is 6.54 Å². The molecular weight excluding hydrogens is 222 g/mol. The van der Waals surface area contributed by atoms with Gasteiger partial charge in [-0.15, -0.1) is 0 Å². The van der Waals surface area contributed by atoms with E-state index in [4.69, 9.17) is 4.74 Å². The van der Waals surface area contributed by atoms with Gasteiger partial charge in [-0.2, -0.15) is 0 Å². The van der Waals surface area contributed by atoms with Crippen molar-refractivity contribution in [1.29, 1.82) is 0 Å². The highest BCUT2D eigenvalue weighted by molar-refractivity contribution is 5.56. The number of nitrogens with one attached hydrogen (secondary N) is 1. The number of ether oxygens (including phenoxy) is 1. The zero-order valence-electron chi connectivity index (χ0n) is 11.2. The third-order valence-corrected chi connectivity index (χ3v) is 3.16. The Balaban J connectivity index is 2.09. The maximum Gasteiger partial charge on any atom is 0.141 e. The first-order chi connectivity index (χ1) is 8.70. The van der Waals surface area contributed by atoms with Crippen molar-refractivity contribution in [2.75, 3.05) is 12.4 Å². The van der Waals surface area contributed by atoms with Gasteiger partial charge < -0.3 is 10.1 Å². The highest BCUT2D eigenvalue weighted by Crippen LogP contribution is 2.23. The fourth-order valence-corrected chi connectivity index (χ4v) is 1.90. The fourth-order valence-electron chi connectivity index (χ4n) is 1.90. The number of aryl methyl sites for hydroxylation is 2. The first-order valence-corrected chi connectivity index (χ1v) is 6.13. The summed E-state index contributed by atoms with van der Waals surface area (Å²) in [6.07, 6.45) is 0. The molecule has 0 aliphatic carbocycles. The molecule has 18 heavy (non-hydrogen) atoms. The van der Waals surface area contributed by atoms with Crippen molar-refractivity contribution in [2.45, 2.75) is 20.4 Å². The van der Waals surface area contributed by atoms with Crippen molar-refractivity contribution in [3.8, 4) is 5.75 Å². The lowest BCUT2D eigenvalue weighted by Gasteiger charge is -2.11. The van der Waals surface area contributed by atoms with Gasteiger partial charge in [0.15, 0.2) is 0 Å². The van der Waals surface area contributed by atoms with E-state index in [-0.39, 0.29) is 0 Å². The predicted octanol–water partition coefficient (Wildman–Crippen LogP) is 3.92. The number of hydrogen-bond acceptors (Lipinski definition) is 2. The summed E-state index contributed by atoms with van der Waals surface area (Å²) in [5, 5.41) is 3.40. The van der Waals surface area contributed by atoms with Crippen LogP contribution < -0.4 is 10.1 Å². The van der Waals surface area contributed by atoms with E-state index in [1.165, 1.54) is 16.7 Å². The highest BCUT2D eigenvalue weighted by Gasteiger charge is 2.01. The van der Waals surface area contributed by atoms with Crippen LogP contribution in [0.1, 0.15) is 16.7 Å². The second-order valence-corrected chi connectivity index (χ2v) is 4.47. The zero-order chi connectivity index (χ0) is 13.0. The van der Waals surface area contributed by atoms with Crippen LogP contribution in [0.4, 0.5) is 5.69 Å². The Hall–Kier alpha value is -1.96. The SMILES string of the molecule is COc1ccccc1NCc1ccc(C)c(C)c1. The van der Waals surface area contributed by atoms with Gasteiger partial charge >= 0.3 is 0 Å². The first kappa shape index (κ1) is 12.5. The standard InChI is InChI=1S/C16H19NO/c1-12-8-9-14(10-13(12)2)11-17-15-6-4-5-7-16(15)18-3/h4-10,17H,11H2,1-3H3. The quantitative estimate of drug-likeness (QED) is 0.875. The van der Waals surface area contributed by atoms with Crippen LogP contribution in [0, 0.1) is 13.8 Å². The Kier molecular flexibility index (Phi) is 3.88. The van der Waals surface area contributed by atoms with Crippen LogP contribution in [0.25, 0.3) is 0 Å². The van der Waals surface area contributed by atoms with Crippen molar-refractivity contribution in [3.63, 3.8) is 0 Å². The zero-order valence-corrected chi connectivity index (χ0v) is 11.2. The lowest BCUT2D eigenvalue weighted by Crippen LogP contribution is -2.01. The number of para-hydroxylation sites is 2. The summed E-state index contributed by atoms with van der Waals surface area (Å²) in [7, 11) is 1.69. The van der Waals surface area contributed by atoms with E-state index >= 15 is 0 Å². The average molecular weight is 241 g/mol. The Labute approximate surface area is 109 Å². The van der Waals surface area contributed by atoms with Gasteiger partial charge in [0.1, 0.15) is 5.75 Å². The largest absolute Gasteiger partial charge is 0.495 e. The number of anilines is 1. The van der Waals surface area contributed by atoms with Crippen molar-refractivity contribution in [1.82, 2.24) is 0 Å². The first-order valence-electron chi connectivity index (χ1n) is 6.13. The normalized spacial score (nSPS) is 10.2. The number of hydrogen-bond donors (Lipinski definition) is 1. The topological polar surface area (TPSA) is 21.3 Å². The molecule has 94 valence electrons. The molecule has 0 saturated heterocycles. The highest BCUT2D eigenvalue weighted by atomic mass is 16.5. The minimum atomic E-state index is 0.807. The van der Waals surface area contributed by atoms with Gasteiger partial charge in [0.25, 0.3) is 0 Å². The number of rotatable bonds is 4. The molecule has 2 nitrogen and oxygen atoms in total. The smallest absolute Gasteiger partial charge is 0.141 e. The Morgan fingerprint density at radius 2 is 1.78 bits per heavy atom. The third-order valence-electron chi connectivity index (χ3n) is 3.16. The Bertz CT molecular complexity index is 534. The summed E-state index contributed by atoms with van der Waals surface area (Å²) >= 11 is 0. The molecule has 0 spiro atoms. The molecule has 2 heteroatoms. The summed E-state index contributed by atoms with van der Waals surface area (Å²) < 4.78 is 5.31. The van der Waals surface area contributed by atoms with Gasteiger partial charge in [0.05, 0.1) is 12.8 Å². The lowest BCUT2D eigenvalue weighted by molar-refractivity contribution is 0.416. The second-order valence-electron chi connectivity index (χ2n) is 4.47. The van der Waals surface area contributed by atoms with Gasteiger partial charge in [-0.3, -0.25) is 0 Å². The Morgan fingerprint density at radius 3 is 2.50 bits per heavy atom. The number of benzene rings is 2. The molecular formula is C16H19NO. The van der Waals surface area contributed by atoms with Crippen LogP contribution in [0.15, 0.2) is 42.5 Å². The van der Waals surface area contributed by atoms with Gasteiger partial charge in [0, 0.05) is 6.54 Å². The van der Waals surface area contributed by atoms with Crippen molar-refractivity contribution in [2.24, 2.45) is 0 Å². The molecule has 0 saturated carbocycles. The van der Waals surface area contributed by atoms with Gasteiger partial charge in [0.2, 0.25) is 0 Å².